The van der Waals surface area contributed by atoms with Crippen LogP contribution in [0.25, 0.3) is 0 Å². The Kier molecular flexibility index (Phi) is 4.42. The van der Waals surface area contributed by atoms with Crippen LogP contribution in [0.4, 0.5) is 11.4 Å². The molecule has 1 amide bonds. The number of aromatic nitrogens is 1. The van der Waals surface area contributed by atoms with Gasteiger partial charge in [0.25, 0.3) is 5.91 Å². The van der Waals surface area contributed by atoms with Gasteiger partial charge in [0, 0.05) is 41.9 Å². The maximum atomic E-state index is 12.7. The molecule has 2 rings (SSSR count). The summed E-state index contributed by atoms with van der Waals surface area (Å²) < 4.78 is 0. The Morgan fingerprint density at radius 1 is 1.24 bits per heavy atom. The van der Waals surface area contributed by atoms with Crippen molar-refractivity contribution < 1.29 is 4.79 Å². The van der Waals surface area contributed by atoms with Crippen molar-refractivity contribution in [3.63, 3.8) is 0 Å². The maximum absolute atomic E-state index is 12.7. The summed E-state index contributed by atoms with van der Waals surface area (Å²) >= 11 is 0. The Hall–Kier alpha value is -2.56. The highest BCUT2D eigenvalue weighted by Crippen LogP contribution is 2.18. The summed E-state index contributed by atoms with van der Waals surface area (Å²) in [6, 6.07) is 8.80. The average Bonchev–Trinajstić information content (AvgIpc) is 2.44. The fourth-order valence-corrected chi connectivity index (χ4v) is 2.14. The lowest BCUT2D eigenvalue weighted by Gasteiger charge is -2.27. The van der Waals surface area contributed by atoms with Crippen LogP contribution in [0.3, 0.4) is 0 Å². The number of pyridine rings is 1. The highest BCUT2D eigenvalue weighted by molar-refractivity contribution is 5.96. The van der Waals surface area contributed by atoms with Gasteiger partial charge in [-0.3, -0.25) is 9.78 Å². The summed E-state index contributed by atoms with van der Waals surface area (Å²) in [6.45, 7) is 4.45. The fraction of sp³-hybridized carbons (Fsp3) is 0.250. The van der Waals surface area contributed by atoms with Gasteiger partial charge in [-0.05, 0) is 43.7 Å². The number of hydrogen-bond donors (Lipinski definition) is 2. The highest BCUT2D eigenvalue weighted by atomic mass is 16.2. The molecule has 2 aromatic rings. The number of nitrogens with two attached hydrogens (primary N) is 2. The van der Waals surface area contributed by atoms with E-state index in [4.69, 9.17) is 11.5 Å². The normalized spacial score (nSPS) is 10.6. The molecule has 1 aromatic heterocycles. The quantitative estimate of drug-likeness (QED) is 0.844. The van der Waals surface area contributed by atoms with Crippen LogP contribution in [0.15, 0.2) is 42.7 Å². The van der Waals surface area contributed by atoms with E-state index in [0.29, 0.717) is 23.5 Å². The van der Waals surface area contributed by atoms with Crippen LogP contribution < -0.4 is 11.5 Å². The molecule has 5 heteroatoms. The Morgan fingerprint density at radius 3 is 2.43 bits per heavy atom. The van der Waals surface area contributed by atoms with Crippen LogP contribution >= 0.6 is 0 Å². The molecule has 110 valence electrons. The number of benzene rings is 1. The number of carbonyl (C=O) groups is 1. The summed E-state index contributed by atoms with van der Waals surface area (Å²) in [7, 11) is 0. The lowest BCUT2D eigenvalue weighted by molar-refractivity contribution is 0.0690. The van der Waals surface area contributed by atoms with Crippen LogP contribution in [-0.2, 0) is 6.54 Å². The summed E-state index contributed by atoms with van der Waals surface area (Å²) in [4.78, 5) is 18.5. The molecule has 0 radical (unpaired) electrons. The minimum Gasteiger partial charge on any atom is -0.399 e. The molecule has 0 saturated heterocycles. The number of nitrogens with zero attached hydrogens (tertiary/aromatic N) is 2. The van der Waals surface area contributed by atoms with Crippen molar-refractivity contribution in [3.05, 3.63) is 53.9 Å². The van der Waals surface area contributed by atoms with Gasteiger partial charge in [-0.15, -0.1) is 0 Å². The second-order valence-corrected chi connectivity index (χ2v) is 5.28. The second kappa shape index (κ2) is 6.26. The summed E-state index contributed by atoms with van der Waals surface area (Å²) in [5, 5.41) is 0. The van der Waals surface area contributed by atoms with E-state index < -0.39 is 0 Å². The summed E-state index contributed by atoms with van der Waals surface area (Å²) in [6.07, 6.45) is 3.47. The van der Waals surface area contributed by atoms with E-state index in [-0.39, 0.29) is 11.9 Å². The van der Waals surface area contributed by atoms with E-state index in [1.54, 1.807) is 35.5 Å². The zero-order valence-electron chi connectivity index (χ0n) is 12.3. The molecule has 0 aliphatic carbocycles. The minimum absolute atomic E-state index is 0.0559. The van der Waals surface area contributed by atoms with Gasteiger partial charge >= 0.3 is 0 Å². The summed E-state index contributed by atoms with van der Waals surface area (Å²) in [5.74, 6) is -0.0900. The number of hydrogen-bond acceptors (Lipinski definition) is 4. The predicted octanol–water partition coefficient (Wildman–Crippen LogP) is 2.30. The molecule has 0 spiro atoms. The highest BCUT2D eigenvalue weighted by Gasteiger charge is 2.19. The molecule has 0 unspecified atom stereocenters. The number of carbonyl (C=O) groups excluding carboxylic acids is 1. The van der Waals surface area contributed by atoms with E-state index in [1.165, 1.54) is 0 Å². The van der Waals surface area contributed by atoms with Gasteiger partial charge in [0.1, 0.15) is 0 Å². The van der Waals surface area contributed by atoms with Crippen LogP contribution in [0.1, 0.15) is 29.8 Å². The van der Waals surface area contributed by atoms with Gasteiger partial charge in [-0.25, -0.2) is 0 Å². The van der Waals surface area contributed by atoms with Crippen molar-refractivity contribution in [2.45, 2.75) is 26.4 Å². The van der Waals surface area contributed by atoms with Crippen molar-refractivity contribution in [3.8, 4) is 0 Å². The third-order valence-corrected chi connectivity index (χ3v) is 3.18. The topological polar surface area (TPSA) is 85.2 Å². The van der Waals surface area contributed by atoms with Crippen LogP contribution in [0, 0.1) is 0 Å². The monoisotopic (exact) mass is 284 g/mol. The first-order chi connectivity index (χ1) is 9.97. The Balaban J connectivity index is 2.27. The van der Waals surface area contributed by atoms with Crippen molar-refractivity contribution in [1.82, 2.24) is 9.88 Å². The van der Waals surface area contributed by atoms with Gasteiger partial charge in [0.2, 0.25) is 0 Å². The molecule has 1 heterocycles. The Morgan fingerprint density at radius 2 is 1.90 bits per heavy atom. The molecule has 1 aromatic carbocycles. The van der Waals surface area contributed by atoms with Gasteiger partial charge in [0.05, 0.1) is 0 Å². The van der Waals surface area contributed by atoms with Crippen LogP contribution in [0.5, 0.6) is 0 Å². The van der Waals surface area contributed by atoms with Gasteiger partial charge in [-0.1, -0.05) is 6.07 Å². The third-order valence-electron chi connectivity index (χ3n) is 3.18. The zero-order valence-corrected chi connectivity index (χ0v) is 12.3. The zero-order chi connectivity index (χ0) is 15.4. The molecular weight excluding hydrogens is 264 g/mol. The minimum atomic E-state index is -0.0900. The van der Waals surface area contributed by atoms with E-state index in [1.807, 2.05) is 26.0 Å². The molecule has 0 aliphatic rings. The van der Waals surface area contributed by atoms with E-state index in [0.717, 1.165) is 5.56 Å². The number of anilines is 2. The van der Waals surface area contributed by atoms with Crippen LogP contribution in [0.2, 0.25) is 0 Å². The molecule has 0 aliphatic heterocycles. The summed E-state index contributed by atoms with van der Waals surface area (Å²) in [5.41, 5.74) is 14.0. The van der Waals surface area contributed by atoms with Crippen molar-refractivity contribution in [1.29, 1.82) is 0 Å². The largest absolute Gasteiger partial charge is 0.399 e. The number of nitrogen functional groups attached to an aromatic ring is 2. The van der Waals surface area contributed by atoms with E-state index in [2.05, 4.69) is 4.98 Å². The van der Waals surface area contributed by atoms with Crippen molar-refractivity contribution in [2.75, 3.05) is 11.5 Å². The lowest BCUT2D eigenvalue weighted by Crippen LogP contribution is -2.36. The molecule has 4 N–H and O–H groups in total. The van der Waals surface area contributed by atoms with Gasteiger partial charge in [-0.2, -0.15) is 0 Å². The Bertz CT molecular complexity index is 605. The first-order valence-electron chi connectivity index (χ1n) is 6.83. The average molecular weight is 284 g/mol. The SMILES string of the molecule is CC(C)N(Cc1cccnc1)C(=O)c1cc(N)cc(N)c1. The molecule has 21 heavy (non-hydrogen) atoms. The number of rotatable bonds is 4. The van der Waals surface area contributed by atoms with E-state index >= 15 is 0 Å². The fourth-order valence-electron chi connectivity index (χ4n) is 2.14. The molecule has 0 fully saturated rings. The van der Waals surface area contributed by atoms with Gasteiger partial charge < -0.3 is 16.4 Å². The van der Waals surface area contributed by atoms with Gasteiger partial charge in [0.15, 0.2) is 0 Å². The first-order valence-corrected chi connectivity index (χ1v) is 6.83. The second-order valence-electron chi connectivity index (χ2n) is 5.28. The van der Waals surface area contributed by atoms with Crippen molar-refractivity contribution in [2.24, 2.45) is 0 Å². The Labute approximate surface area is 124 Å². The molecule has 0 atom stereocenters. The molecule has 0 bridgehead atoms. The maximum Gasteiger partial charge on any atom is 0.254 e. The standard InChI is InChI=1S/C16H20N4O/c1-11(2)20(10-12-4-3-5-19-9-12)16(21)13-6-14(17)8-15(18)7-13/h3-9,11H,10,17-18H2,1-2H3. The third kappa shape index (κ3) is 3.72. The first kappa shape index (κ1) is 14.8. The van der Waals surface area contributed by atoms with E-state index in [9.17, 15) is 4.79 Å². The predicted molar refractivity (Wildman–Crippen MR) is 84.5 cm³/mol. The smallest absolute Gasteiger partial charge is 0.254 e. The molecule has 0 saturated carbocycles. The number of amides is 1. The van der Waals surface area contributed by atoms with Crippen molar-refractivity contribution >= 4 is 17.3 Å². The molecule has 5 nitrogen and oxygen atoms in total. The molecular formula is C16H20N4O. The lowest BCUT2D eigenvalue weighted by atomic mass is 10.1. The van der Waals surface area contributed by atoms with Crippen LogP contribution in [-0.4, -0.2) is 21.8 Å².